The summed E-state index contributed by atoms with van der Waals surface area (Å²) in [6, 6.07) is 8.01. The lowest BCUT2D eigenvalue weighted by Gasteiger charge is -2.27. The Kier molecular flexibility index (Phi) is 5.42. The first-order valence-corrected chi connectivity index (χ1v) is 11.6. The molecule has 1 aromatic carbocycles. The van der Waals surface area contributed by atoms with Crippen molar-refractivity contribution in [2.75, 3.05) is 20.2 Å². The van der Waals surface area contributed by atoms with E-state index in [0.717, 1.165) is 37.8 Å². The van der Waals surface area contributed by atoms with Gasteiger partial charge in [-0.05, 0) is 31.0 Å². The van der Waals surface area contributed by atoms with Crippen molar-refractivity contribution >= 4 is 11.2 Å². The van der Waals surface area contributed by atoms with E-state index in [1.54, 1.807) is 17.6 Å². The highest BCUT2D eigenvalue weighted by Crippen LogP contribution is 2.29. The smallest absolute Gasteiger partial charge is 0.318 e. The van der Waals surface area contributed by atoms with Crippen LogP contribution in [0.2, 0.25) is 0 Å². The maximum absolute atomic E-state index is 15.3. The largest absolute Gasteiger partial charge is 0.467 e. The summed E-state index contributed by atoms with van der Waals surface area (Å²) in [6.07, 6.45) is 3.82. The second-order valence-corrected chi connectivity index (χ2v) is 9.23. The van der Waals surface area contributed by atoms with Crippen LogP contribution in [0, 0.1) is 18.6 Å². The molecule has 0 unspecified atom stereocenters. The molecule has 0 radical (unpaired) electrons. The molecule has 3 aromatic heterocycles. The van der Waals surface area contributed by atoms with Gasteiger partial charge in [-0.1, -0.05) is 12.1 Å². The van der Waals surface area contributed by atoms with Gasteiger partial charge in [-0.15, -0.1) is 0 Å². The minimum absolute atomic E-state index is 0.159. The highest BCUT2D eigenvalue weighted by Gasteiger charge is 2.37. The number of benzene rings is 1. The average molecular weight is 478 g/mol. The Bertz CT molecular complexity index is 1420. The van der Waals surface area contributed by atoms with Gasteiger partial charge in [-0.2, -0.15) is 9.97 Å². The number of pyridine rings is 1. The quantitative estimate of drug-likeness (QED) is 0.457. The number of hydrogen-bond acceptors (Lipinski definition) is 7. The fraction of sp³-hybridized carbons (Fsp3) is 0.360. The van der Waals surface area contributed by atoms with E-state index in [4.69, 9.17) is 4.74 Å². The van der Waals surface area contributed by atoms with E-state index >= 15 is 4.39 Å². The minimum atomic E-state index is -0.483. The molecule has 2 bridgehead atoms. The third-order valence-electron chi connectivity index (χ3n) is 6.90. The zero-order valence-corrected chi connectivity index (χ0v) is 19.5. The molecule has 180 valence electrons. The SMILES string of the molecule is COc1nc(C)c2nc(-c3cncc(F)c3)n(Cc3ccc(CN4C[C@@H]5C[C@H]4CN5)cc3F)c2n1. The van der Waals surface area contributed by atoms with E-state index in [2.05, 4.69) is 30.2 Å². The number of aromatic nitrogens is 5. The topological polar surface area (TPSA) is 81.0 Å². The summed E-state index contributed by atoms with van der Waals surface area (Å²) in [4.78, 5) is 19.8. The van der Waals surface area contributed by atoms with Crippen LogP contribution in [0.1, 0.15) is 23.2 Å². The first kappa shape index (κ1) is 22.0. The molecular formula is C25H25F2N7O. The van der Waals surface area contributed by atoms with E-state index < -0.39 is 5.82 Å². The summed E-state index contributed by atoms with van der Waals surface area (Å²) in [6.45, 7) is 4.69. The van der Waals surface area contributed by atoms with E-state index in [9.17, 15) is 4.39 Å². The molecule has 2 aliphatic rings. The van der Waals surface area contributed by atoms with E-state index in [1.807, 2.05) is 12.1 Å². The number of hydrogen-bond donors (Lipinski definition) is 1. The van der Waals surface area contributed by atoms with Crippen LogP contribution in [0.3, 0.4) is 0 Å². The van der Waals surface area contributed by atoms with Crippen LogP contribution in [0.15, 0.2) is 36.7 Å². The van der Waals surface area contributed by atoms with E-state index in [0.29, 0.717) is 45.9 Å². The standard InChI is InChI=1S/C25H25F2N7O/c1-14-22-24(32-25(30-14)35-2)34(23(31-22)17-6-18(26)9-28-8-17)12-16-4-3-15(5-21(16)27)11-33-13-19-7-20(33)10-29-19/h3-6,8-9,19-20,29H,7,10-13H2,1-2H3/t19-,20-/m0/s1. The highest BCUT2D eigenvalue weighted by atomic mass is 19.1. The van der Waals surface area contributed by atoms with Crippen LogP contribution in [-0.2, 0) is 13.1 Å². The van der Waals surface area contributed by atoms with Crippen LogP contribution in [0.4, 0.5) is 8.78 Å². The molecule has 4 aromatic rings. The Labute approximate surface area is 201 Å². The molecule has 6 rings (SSSR count). The summed E-state index contributed by atoms with van der Waals surface area (Å²) in [5, 5.41) is 3.49. The molecule has 0 spiro atoms. The molecule has 8 nitrogen and oxygen atoms in total. The Morgan fingerprint density at radius 1 is 1.11 bits per heavy atom. The molecule has 0 amide bonds. The fourth-order valence-corrected chi connectivity index (χ4v) is 5.17. The third-order valence-corrected chi connectivity index (χ3v) is 6.90. The van der Waals surface area contributed by atoms with Crippen molar-refractivity contribution in [3.63, 3.8) is 0 Å². The van der Waals surface area contributed by atoms with Crippen LogP contribution >= 0.6 is 0 Å². The highest BCUT2D eigenvalue weighted by molar-refractivity contribution is 5.79. The summed E-state index contributed by atoms with van der Waals surface area (Å²) in [5.41, 5.74) is 3.54. The molecule has 2 saturated heterocycles. The van der Waals surface area contributed by atoms with Gasteiger partial charge in [0.05, 0.1) is 25.5 Å². The number of likely N-dealkylation sites (tertiary alicyclic amines) is 1. The van der Waals surface area contributed by atoms with Crippen molar-refractivity contribution < 1.29 is 13.5 Å². The van der Waals surface area contributed by atoms with Crippen molar-refractivity contribution in [2.45, 2.75) is 38.5 Å². The van der Waals surface area contributed by atoms with Crippen LogP contribution in [0.25, 0.3) is 22.6 Å². The van der Waals surface area contributed by atoms with Crippen molar-refractivity contribution in [3.8, 4) is 17.4 Å². The summed E-state index contributed by atoms with van der Waals surface area (Å²) >= 11 is 0. The molecule has 35 heavy (non-hydrogen) atoms. The maximum Gasteiger partial charge on any atom is 0.318 e. The van der Waals surface area contributed by atoms with Gasteiger partial charge in [-0.25, -0.2) is 13.8 Å². The van der Waals surface area contributed by atoms with Crippen molar-refractivity contribution in [2.24, 2.45) is 0 Å². The predicted octanol–water partition coefficient (Wildman–Crippen LogP) is 3.08. The van der Waals surface area contributed by atoms with Crippen molar-refractivity contribution in [1.29, 1.82) is 0 Å². The van der Waals surface area contributed by atoms with Gasteiger partial charge < -0.3 is 14.6 Å². The number of methoxy groups -OCH3 is 1. The number of piperazine rings is 1. The van der Waals surface area contributed by atoms with Gasteiger partial charge >= 0.3 is 6.01 Å². The van der Waals surface area contributed by atoms with Gasteiger partial charge in [-0.3, -0.25) is 9.88 Å². The molecular weight excluding hydrogens is 452 g/mol. The molecule has 2 aliphatic heterocycles. The van der Waals surface area contributed by atoms with E-state index in [1.165, 1.54) is 19.4 Å². The van der Waals surface area contributed by atoms with Crippen LogP contribution in [-0.4, -0.2) is 61.7 Å². The van der Waals surface area contributed by atoms with Gasteiger partial charge in [0.15, 0.2) is 5.65 Å². The summed E-state index contributed by atoms with van der Waals surface area (Å²) < 4.78 is 36.3. The van der Waals surface area contributed by atoms with Gasteiger partial charge in [0.1, 0.15) is 23.0 Å². The Morgan fingerprint density at radius 3 is 2.71 bits per heavy atom. The second kappa shape index (κ2) is 8.62. The molecule has 2 fully saturated rings. The van der Waals surface area contributed by atoms with Gasteiger partial charge in [0.25, 0.3) is 0 Å². The number of fused-ring (bicyclic) bond motifs is 3. The monoisotopic (exact) mass is 477 g/mol. The van der Waals surface area contributed by atoms with Crippen LogP contribution in [0.5, 0.6) is 6.01 Å². The lowest BCUT2D eigenvalue weighted by molar-refractivity contribution is 0.217. The second-order valence-electron chi connectivity index (χ2n) is 9.23. The molecule has 0 saturated carbocycles. The number of imidazole rings is 1. The first-order valence-electron chi connectivity index (χ1n) is 11.6. The fourth-order valence-electron chi connectivity index (χ4n) is 5.17. The minimum Gasteiger partial charge on any atom is -0.467 e. The molecule has 1 N–H and O–H groups in total. The lowest BCUT2D eigenvalue weighted by Crippen LogP contribution is -2.42. The van der Waals surface area contributed by atoms with Crippen molar-refractivity contribution in [1.82, 2.24) is 34.7 Å². The van der Waals surface area contributed by atoms with Crippen molar-refractivity contribution in [3.05, 3.63) is 65.1 Å². The van der Waals surface area contributed by atoms with Gasteiger partial charge in [0.2, 0.25) is 0 Å². The van der Waals surface area contributed by atoms with Gasteiger partial charge in [0, 0.05) is 49.0 Å². The zero-order chi connectivity index (χ0) is 24.1. The molecule has 2 atom stereocenters. The number of rotatable bonds is 6. The number of ether oxygens (including phenoxy) is 1. The third kappa shape index (κ3) is 4.02. The summed E-state index contributed by atoms with van der Waals surface area (Å²) in [7, 11) is 1.49. The van der Waals surface area contributed by atoms with Crippen LogP contribution < -0.4 is 10.1 Å². The summed E-state index contributed by atoms with van der Waals surface area (Å²) in [5.74, 6) is -0.350. The Balaban J connectivity index is 1.37. The number of aryl methyl sites for hydroxylation is 1. The number of nitrogens with zero attached hydrogens (tertiary/aromatic N) is 6. The van der Waals surface area contributed by atoms with E-state index in [-0.39, 0.29) is 18.4 Å². The molecule has 10 heteroatoms. The predicted molar refractivity (Wildman–Crippen MR) is 126 cm³/mol. The first-order chi connectivity index (χ1) is 17.0. The Morgan fingerprint density at radius 2 is 2.00 bits per heavy atom. The average Bonchev–Trinajstić information content (AvgIpc) is 3.56. The zero-order valence-electron chi connectivity index (χ0n) is 19.5. The maximum atomic E-state index is 15.3. The lowest BCUT2D eigenvalue weighted by atomic mass is 10.1. The number of halogens is 2. The Hall–Kier alpha value is -3.50. The number of nitrogens with one attached hydrogen (secondary N) is 1. The normalized spacial score (nSPS) is 19.7. The molecule has 0 aliphatic carbocycles. The molecule has 5 heterocycles.